The first-order chi connectivity index (χ1) is 15.5. The summed E-state index contributed by atoms with van der Waals surface area (Å²) in [5, 5.41) is 2.88. The van der Waals surface area contributed by atoms with E-state index in [1.807, 2.05) is 58.9 Å². The highest BCUT2D eigenvalue weighted by atomic mass is 32.2. The molecule has 0 heterocycles. The number of carbonyl (C=O) groups excluding carboxylic acids is 2. The molecule has 0 saturated heterocycles. The van der Waals surface area contributed by atoms with Crippen LogP contribution in [0.2, 0.25) is 0 Å². The molecule has 1 N–H and O–H groups in total. The normalized spacial score (nSPS) is 12.6. The second-order valence-electron chi connectivity index (χ2n) is 8.61. The zero-order valence-corrected chi connectivity index (χ0v) is 21.1. The number of likely N-dealkylation sites (N-methyl/N-ethyl adjacent to an activating group) is 1. The number of amides is 2. The lowest BCUT2D eigenvalue weighted by atomic mass is 10.1. The maximum absolute atomic E-state index is 13.4. The van der Waals surface area contributed by atoms with Crippen molar-refractivity contribution in [1.29, 1.82) is 0 Å². The minimum atomic E-state index is -3.85. The number of rotatable bonds is 10. The van der Waals surface area contributed by atoms with Crippen LogP contribution in [0.4, 0.5) is 0 Å². The van der Waals surface area contributed by atoms with Crippen LogP contribution in [0.15, 0.2) is 53.4 Å². The summed E-state index contributed by atoms with van der Waals surface area (Å²) >= 11 is 0. The minimum Gasteiger partial charge on any atom is -0.352 e. The van der Waals surface area contributed by atoms with E-state index in [2.05, 4.69) is 5.32 Å². The maximum Gasteiger partial charge on any atom is 0.243 e. The van der Waals surface area contributed by atoms with Gasteiger partial charge < -0.3 is 10.2 Å². The minimum absolute atomic E-state index is 0.0773. The van der Waals surface area contributed by atoms with E-state index in [4.69, 9.17) is 0 Å². The van der Waals surface area contributed by atoms with Gasteiger partial charge in [-0.25, -0.2) is 8.42 Å². The van der Waals surface area contributed by atoms with Gasteiger partial charge in [-0.15, -0.1) is 0 Å². The Bertz CT molecular complexity index is 1070. The Morgan fingerprint density at radius 3 is 2.15 bits per heavy atom. The summed E-state index contributed by atoms with van der Waals surface area (Å²) < 4.78 is 27.1. The van der Waals surface area contributed by atoms with Gasteiger partial charge in [0.2, 0.25) is 21.8 Å². The lowest BCUT2D eigenvalue weighted by molar-refractivity contribution is -0.141. The van der Waals surface area contributed by atoms with E-state index >= 15 is 0 Å². The number of hydrogen-bond donors (Lipinski definition) is 1. The summed E-state index contributed by atoms with van der Waals surface area (Å²) in [5.41, 5.74) is 2.85. The summed E-state index contributed by atoms with van der Waals surface area (Å²) in [6.07, 6.45) is 0.407. The quantitative estimate of drug-likeness (QED) is 0.574. The molecule has 2 rings (SSSR count). The Morgan fingerprint density at radius 1 is 1.00 bits per heavy atom. The fraction of sp³-hybridized carbons (Fsp3) is 0.440. The summed E-state index contributed by atoms with van der Waals surface area (Å²) in [4.78, 5) is 27.9. The van der Waals surface area contributed by atoms with E-state index in [0.717, 1.165) is 21.0 Å². The molecule has 0 aliphatic heterocycles. The predicted octanol–water partition coefficient (Wildman–Crippen LogP) is 3.26. The molecule has 1 atom stereocenters. The Balaban J connectivity index is 2.34. The van der Waals surface area contributed by atoms with Crippen LogP contribution in [0.25, 0.3) is 0 Å². The number of carbonyl (C=O) groups is 2. The Hall–Kier alpha value is -2.71. The average molecular weight is 474 g/mol. The lowest BCUT2D eigenvalue weighted by Crippen LogP contribution is -2.52. The first-order valence-electron chi connectivity index (χ1n) is 11.1. The highest BCUT2D eigenvalue weighted by Gasteiger charge is 2.32. The van der Waals surface area contributed by atoms with E-state index < -0.39 is 22.0 Å². The molecule has 0 aliphatic carbocycles. The molecule has 0 spiro atoms. The predicted molar refractivity (Wildman–Crippen MR) is 130 cm³/mol. The molecule has 7 nitrogen and oxygen atoms in total. The Kier molecular flexibility index (Phi) is 9.19. The molecular weight excluding hydrogens is 438 g/mol. The topological polar surface area (TPSA) is 86.8 Å². The van der Waals surface area contributed by atoms with E-state index in [9.17, 15) is 18.0 Å². The molecule has 8 heteroatoms. The third-order valence-corrected chi connectivity index (χ3v) is 7.32. The number of nitrogens with one attached hydrogen (secondary N) is 1. The van der Waals surface area contributed by atoms with E-state index in [1.54, 1.807) is 12.1 Å². The van der Waals surface area contributed by atoms with Crippen molar-refractivity contribution in [3.63, 3.8) is 0 Å². The zero-order chi connectivity index (χ0) is 24.8. The van der Waals surface area contributed by atoms with E-state index in [-0.39, 0.29) is 29.9 Å². The monoisotopic (exact) mass is 473 g/mol. The molecular formula is C25H35N3O4S. The molecule has 2 aromatic rings. The molecule has 0 fully saturated rings. The molecule has 180 valence electrons. The van der Waals surface area contributed by atoms with Gasteiger partial charge >= 0.3 is 0 Å². The molecule has 0 aliphatic rings. The SMILES string of the molecule is CCC(C(=O)NC(C)C)N(Cc1ccccc1C)C(=O)CN(C)S(=O)(=O)c1ccc(C)cc1. The number of aryl methyl sites for hydroxylation is 2. The fourth-order valence-corrected chi connectivity index (χ4v) is 4.65. The van der Waals surface area contributed by atoms with Crippen LogP contribution >= 0.6 is 0 Å². The van der Waals surface area contributed by atoms with Crippen LogP contribution in [0.1, 0.15) is 43.9 Å². The average Bonchev–Trinajstić information content (AvgIpc) is 2.74. The van der Waals surface area contributed by atoms with Crippen molar-refractivity contribution >= 4 is 21.8 Å². The highest BCUT2D eigenvalue weighted by Crippen LogP contribution is 2.18. The molecule has 0 bridgehead atoms. The van der Waals surface area contributed by atoms with Crippen LogP contribution in [-0.2, 0) is 26.2 Å². The highest BCUT2D eigenvalue weighted by molar-refractivity contribution is 7.89. The molecule has 1 unspecified atom stereocenters. The molecule has 33 heavy (non-hydrogen) atoms. The van der Waals surface area contributed by atoms with Gasteiger partial charge in [0.25, 0.3) is 0 Å². The summed E-state index contributed by atoms with van der Waals surface area (Å²) in [6, 6.07) is 13.4. The van der Waals surface area contributed by atoms with Crippen LogP contribution in [0.5, 0.6) is 0 Å². The standard InChI is InChI=1S/C25H35N3O4S/c1-7-23(25(30)26-18(2)3)28(16-21-11-9-8-10-20(21)5)24(29)17-27(6)33(31,32)22-14-12-19(4)13-15-22/h8-15,18,23H,7,16-17H2,1-6H3,(H,26,30). The van der Waals surface area contributed by atoms with E-state index in [0.29, 0.717) is 6.42 Å². The molecule has 2 aromatic carbocycles. The first kappa shape index (κ1) is 26.5. The second kappa shape index (κ2) is 11.4. The largest absolute Gasteiger partial charge is 0.352 e. The van der Waals surface area contributed by atoms with Gasteiger partial charge in [-0.05, 0) is 57.4 Å². The van der Waals surface area contributed by atoms with Gasteiger partial charge in [0, 0.05) is 19.6 Å². The smallest absolute Gasteiger partial charge is 0.243 e. The first-order valence-corrected chi connectivity index (χ1v) is 12.6. The maximum atomic E-state index is 13.4. The third-order valence-electron chi connectivity index (χ3n) is 5.51. The van der Waals surface area contributed by atoms with Crippen molar-refractivity contribution < 1.29 is 18.0 Å². The van der Waals surface area contributed by atoms with Crippen LogP contribution in [-0.4, -0.2) is 55.1 Å². The summed E-state index contributed by atoms with van der Waals surface area (Å²) in [6.45, 7) is 9.23. The number of sulfonamides is 1. The van der Waals surface area contributed by atoms with Crippen LogP contribution < -0.4 is 5.32 Å². The zero-order valence-electron chi connectivity index (χ0n) is 20.3. The van der Waals surface area contributed by atoms with Gasteiger partial charge in [0.05, 0.1) is 11.4 Å². The van der Waals surface area contributed by atoms with Crippen LogP contribution in [0, 0.1) is 13.8 Å². The number of nitrogens with zero attached hydrogens (tertiary/aromatic N) is 2. The fourth-order valence-electron chi connectivity index (χ4n) is 3.53. The summed E-state index contributed by atoms with van der Waals surface area (Å²) in [5.74, 6) is -0.680. The molecule has 0 aromatic heterocycles. The van der Waals surface area contributed by atoms with Gasteiger partial charge in [0.1, 0.15) is 6.04 Å². The Morgan fingerprint density at radius 2 is 1.61 bits per heavy atom. The van der Waals surface area contributed by atoms with Crippen molar-refractivity contribution in [2.24, 2.45) is 0 Å². The van der Waals surface area contributed by atoms with Gasteiger partial charge in [0.15, 0.2) is 0 Å². The molecule has 0 radical (unpaired) electrons. The van der Waals surface area contributed by atoms with Crippen molar-refractivity contribution in [2.45, 2.75) is 64.6 Å². The van der Waals surface area contributed by atoms with Gasteiger partial charge in [-0.2, -0.15) is 4.31 Å². The third kappa shape index (κ3) is 6.88. The number of hydrogen-bond acceptors (Lipinski definition) is 4. The number of benzene rings is 2. The lowest BCUT2D eigenvalue weighted by Gasteiger charge is -2.32. The van der Waals surface area contributed by atoms with E-state index in [1.165, 1.54) is 24.1 Å². The summed E-state index contributed by atoms with van der Waals surface area (Å²) in [7, 11) is -2.47. The van der Waals surface area contributed by atoms with Gasteiger partial charge in [-0.1, -0.05) is 48.9 Å². The van der Waals surface area contributed by atoms with Crippen molar-refractivity contribution in [1.82, 2.24) is 14.5 Å². The van der Waals surface area contributed by atoms with Crippen molar-refractivity contribution in [2.75, 3.05) is 13.6 Å². The van der Waals surface area contributed by atoms with Crippen LogP contribution in [0.3, 0.4) is 0 Å². The molecule has 2 amide bonds. The Labute approximate surface area is 197 Å². The van der Waals surface area contributed by atoms with Crippen molar-refractivity contribution in [3.8, 4) is 0 Å². The van der Waals surface area contributed by atoms with Crippen molar-refractivity contribution in [3.05, 3.63) is 65.2 Å². The molecule has 0 saturated carbocycles. The second-order valence-corrected chi connectivity index (χ2v) is 10.7. The van der Waals surface area contributed by atoms with Gasteiger partial charge in [-0.3, -0.25) is 9.59 Å².